The number of hydrogen-bond acceptors (Lipinski definition) is 5. The first kappa shape index (κ1) is 10.5. The summed E-state index contributed by atoms with van der Waals surface area (Å²) in [6.07, 6.45) is 4.85. The quantitative estimate of drug-likeness (QED) is 0.681. The Morgan fingerprint density at radius 2 is 2.38 bits per heavy atom. The summed E-state index contributed by atoms with van der Waals surface area (Å²) < 4.78 is 3.18. The van der Waals surface area contributed by atoms with Crippen molar-refractivity contribution in [1.29, 1.82) is 0 Å². The number of carbonyl (C=O) groups excluding carboxylic acids is 1. The van der Waals surface area contributed by atoms with Crippen molar-refractivity contribution < 1.29 is 4.79 Å². The van der Waals surface area contributed by atoms with Crippen molar-refractivity contribution in [1.82, 2.24) is 24.5 Å². The highest BCUT2D eigenvalue weighted by atomic mass is 16.1. The van der Waals surface area contributed by atoms with Crippen molar-refractivity contribution in [3.63, 3.8) is 0 Å². The van der Waals surface area contributed by atoms with E-state index in [0.717, 1.165) is 0 Å². The molecule has 7 heteroatoms. The lowest BCUT2D eigenvalue weighted by Crippen LogP contribution is -2.10. The molecule has 0 fully saturated rings. The minimum absolute atomic E-state index is 0.240. The van der Waals surface area contributed by atoms with Gasteiger partial charge >= 0.3 is 0 Å². The van der Waals surface area contributed by atoms with Gasteiger partial charge in [-0.15, -0.1) is 5.10 Å². The zero-order valence-corrected chi connectivity index (χ0v) is 8.87. The molecule has 0 aliphatic carbocycles. The van der Waals surface area contributed by atoms with Gasteiger partial charge in [-0.2, -0.15) is 0 Å². The van der Waals surface area contributed by atoms with Crippen LogP contribution in [0.1, 0.15) is 16.3 Å². The standard InChI is InChI=1S/C9H12N6O/c1-14-5-3-11-9(14)8(16)7-6-15(4-2-10)13-12-7/h3,5-6H,2,4,10H2,1H3. The first-order chi connectivity index (χ1) is 7.72. The van der Waals surface area contributed by atoms with Crippen molar-refractivity contribution in [3.05, 3.63) is 30.1 Å². The van der Waals surface area contributed by atoms with E-state index in [9.17, 15) is 4.79 Å². The van der Waals surface area contributed by atoms with Crippen LogP contribution in [0.25, 0.3) is 0 Å². The van der Waals surface area contributed by atoms with Gasteiger partial charge in [0.25, 0.3) is 0 Å². The van der Waals surface area contributed by atoms with E-state index in [-0.39, 0.29) is 11.5 Å². The van der Waals surface area contributed by atoms with E-state index in [2.05, 4.69) is 15.3 Å². The van der Waals surface area contributed by atoms with Gasteiger partial charge in [0, 0.05) is 26.0 Å². The highest BCUT2D eigenvalue weighted by Gasteiger charge is 2.17. The van der Waals surface area contributed by atoms with Gasteiger partial charge in [0.2, 0.25) is 5.78 Å². The topological polar surface area (TPSA) is 91.6 Å². The number of nitrogens with zero attached hydrogens (tertiary/aromatic N) is 5. The van der Waals surface area contributed by atoms with Crippen LogP contribution in [0.4, 0.5) is 0 Å². The molecule has 0 radical (unpaired) electrons. The van der Waals surface area contributed by atoms with E-state index in [1.165, 1.54) is 4.68 Å². The largest absolute Gasteiger partial charge is 0.331 e. The molecule has 2 heterocycles. The van der Waals surface area contributed by atoms with E-state index < -0.39 is 0 Å². The predicted molar refractivity (Wildman–Crippen MR) is 55.7 cm³/mol. The van der Waals surface area contributed by atoms with Crippen LogP contribution in [-0.4, -0.2) is 36.9 Å². The molecule has 0 saturated carbocycles. The highest BCUT2D eigenvalue weighted by molar-refractivity contribution is 6.04. The van der Waals surface area contributed by atoms with Crippen molar-refractivity contribution in [3.8, 4) is 0 Å². The molecule has 2 rings (SSSR count). The van der Waals surface area contributed by atoms with E-state index in [1.807, 2.05) is 0 Å². The third kappa shape index (κ3) is 1.84. The number of rotatable bonds is 4. The van der Waals surface area contributed by atoms with Gasteiger partial charge in [-0.25, -0.2) is 4.98 Å². The molecule has 16 heavy (non-hydrogen) atoms. The second-order valence-corrected chi connectivity index (χ2v) is 3.35. The number of carbonyl (C=O) groups is 1. The summed E-state index contributed by atoms with van der Waals surface area (Å²) >= 11 is 0. The summed E-state index contributed by atoms with van der Waals surface area (Å²) in [6.45, 7) is 1.00. The van der Waals surface area contributed by atoms with Crippen molar-refractivity contribution in [2.75, 3.05) is 6.54 Å². The van der Waals surface area contributed by atoms with Gasteiger partial charge in [0.1, 0.15) is 0 Å². The maximum absolute atomic E-state index is 11.9. The van der Waals surface area contributed by atoms with Crippen LogP contribution >= 0.6 is 0 Å². The zero-order valence-electron chi connectivity index (χ0n) is 8.87. The third-order valence-electron chi connectivity index (χ3n) is 2.15. The maximum Gasteiger partial charge on any atom is 0.250 e. The van der Waals surface area contributed by atoms with E-state index in [0.29, 0.717) is 18.9 Å². The van der Waals surface area contributed by atoms with Crippen LogP contribution < -0.4 is 5.73 Å². The summed E-state index contributed by atoms with van der Waals surface area (Å²) in [7, 11) is 1.75. The number of aromatic nitrogens is 5. The molecule has 2 aromatic rings. The molecule has 0 spiro atoms. The average molecular weight is 220 g/mol. The van der Waals surface area contributed by atoms with Crippen LogP contribution in [0.5, 0.6) is 0 Å². The predicted octanol–water partition coefficient (Wildman–Crippen LogP) is -0.799. The van der Waals surface area contributed by atoms with Gasteiger partial charge in [-0.1, -0.05) is 5.21 Å². The van der Waals surface area contributed by atoms with Gasteiger partial charge in [0.15, 0.2) is 11.5 Å². The number of aryl methyl sites for hydroxylation is 1. The Hall–Kier alpha value is -2.02. The number of nitrogens with two attached hydrogens (primary N) is 1. The lowest BCUT2D eigenvalue weighted by molar-refractivity contribution is 0.102. The molecule has 2 N–H and O–H groups in total. The first-order valence-electron chi connectivity index (χ1n) is 4.84. The Morgan fingerprint density at radius 1 is 1.56 bits per heavy atom. The van der Waals surface area contributed by atoms with E-state index in [4.69, 9.17) is 5.73 Å². The molecule has 0 atom stereocenters. The summed E-state index contributed by atoms with van der Waals surface area (Å²) in [5.41, 5.74) is 5.65. The summed E-state index contributed by atoms with van der Waals surface area (Å²) in [5.74, 6) is 0.107. The summed E-state index contributed by atoms with van der Waals surface area (Å²) in [5, 5.41) is 7.58. The van der Waals surface area contributed by atoms with Crippen LogP contribution in [-0.2, 0) is 13.6 Å². The van der Waals surface area contributed by atoms with Crippen molar-refractivity contribution in [2.45, 2.75) is 6.54 Å². The minimum atomic E-state index is -0.240. The Balaban J connectivity index is 2.24. The lowest BCUT2D eigenvalue weighted by atomic mass is 10.3. The molecule has 2 aromatic heterocycles. The number of hydrogen-bond donors (Lipinski definition) is 1. The molecule has 0 aliphatic heterocycles. The monoisotopic (exact) mass is 220 g/mol. The molecule has 0 bridgehead atoms. The zero-order chi connectivity index (χ0) is 11.5. The normalized spacial score (nSPS) is 10.6. The second-order valence-electron chi connectivity index (χ2n) is 3.35. The fourth-order valence-corrected chi connectivity index (χ4v) is 1.34. The van der Waals surface area contributed by atoms with Gasteiger partial charge in [-0.3, -0.25) is 9.48 Å². The number of ketones is 1. The Bertz CT molecular complexity index is 500. The fourth-order valence-electron chi connectivity index (χ4n) is 1.34. The molecule has 0 saturated heterocycles. The van der Waals surface area contributed by atoms with Gasteiger partial charge in [0.05, 0.1) is 12.7 Å². The first-order valence-corrected chi connectivity index (χ1v) is 4.84. The SMILES string of the molecule is Cn1ccnc1C(=O)c1cn(CCN)nn1. The van der Waals surface area contributed by atoms with Crippen LogP contribution in [0.2, 0.25) is 0 Å². The second kappa shape index (κ2) is 4.23. The van der Waals surface area contributed by atoms with E-state index in [1.54, 1.807) is 30.2 Å². The van der Waals surface area contributed by atoms with E-state index >= 15 is 0 Å². The molecule has 7 nitrogen and oxygen atoms in total. The molecule has 84 valence electrons. The fraction of sp³-hybridized carbons (Fsp3) is 0.333. The van der Waals surface area contributed by atoms with Crippen molar-refractivity contribution >= 4 is 5.78 Å². The Labute approximate surface area is 91.9 Å². The average Bonchev–Trinajstić information content (AvgIpc) is 2.87. The Morgan fingerprint density at radius 3 is 3.00 bits per heavy atom. The van der Waals surface area contributed by atoms with Crippen LogP contribution in [0.15, 0.2) is 18.6 Å². The minimum Gasteiger partial charge on any atom is -0.331 e. The molecular weight excluding hydrogens is 208 g/mol. The molecular formula is C9H12N6O. The third-order valence-corrected chi connectivity index (χ3v) is 2.15. The molecule has 0 aromatic carbocycles. The van der Waals surface area contributed by atoms with Crippen LogP contribution in [0, 0.1) is 0 Å². The van der Waals surface area contributed by atoms with Crippen molar-refractivity contribution in [2.24, 2.45) is 12.8 Å². The highest BCUT2D eigenvalue weighted by Crippen LogP contribution is 2.03. The summed E-state index contributed by atoms with van der Waals surface area (Å²) in [6, 6.07) is 0. The number of imidazole rings is 1. The maximum atomic E-state index is 11.9. The van der Waals surface area contributed by atoms with Crippen LogP contribution in [0.3, 0.4) is 0 Å². The smallest absolute Gasteiger partial charge is 0.250 e. The van der Waals surface area contributed by atoms with Gasteiger partial charge in [-0.05, 0) is 0 Å². The summed E-state index contributed by atoms with van der Waals surface area (Å²) in [4.78, 5) is 15.9. The molecule has 0 amide bonds. The lowest BCUT2D eigenvalue weighted by Gasteiger charge is -1.96. The molecule has 0 aliphatic rings. The Kier molecular flexibility index (Phi) is 2.78. The van der Waals surface area contributed by atoms with Gasteiger partial charge < -0.3 is 10.3 Å². The molecule has 0 unspecified atom stereocenters.